The second-order valence-corrected chi connectivity index (χ2v) is 66.8. The summed E-state index contributed by atoms with van der Waals surface area (Å²) in [5, 5.41) is 2.53. The molecule has 0 N–H and O–H groups in total. The summed E-state index contributed by atoms with van der Waals surface area (Å²) in [6.45, 7) is 56.2. The van der Waals surface area contributed by atoms with E-state index in [-0.39, 0.29) is 0 Å². The molecule has 0 aliphatic carbocycles. The normalized spacial score (nSPS) is 16.4. The zero-order valence-corrected chi connectivity index (χ0v) is 34.1. The Morgan fingerprint density at radius 2 is 0.515 bits per heavy atom. The SMILES string of the molecule is CC(C)(C)[Si](C)([Si]([Si](=[Ge])[Si](C)(C(C)(C)C)C(C)(C)C)[Si](C)(C(C)(C)C)C(C)(C)C)C(C)(C)C. The van der Waals surface area contributed by atoms with Gasteiger partial charge in [0, 0.05) is 0 Å². The van der Waals surface area contributed by atoms with E-state index in [4.69, 9.17) is 0 Å². The molecule has 0 unspecified atom stereocenters. The molecule has 0 bridgehead atoms. The van der Waals surface area contributed by atoms with E-state index in [1.165, 1.54) is 0 Å². The van der Waals surface area contributed by atoms with E-state index in [1.807, 2.05) is 0 Å². The molecule has 195 valence electrons. The molecule has 0 nitrogen and oxygen atoms in total. The second-order valence-electron chi connectivity index (χ2n) is 17.6. The van der Waals surface area contributed by atoms with Crippen LogP contribution in [-0.2, 0) is 0 Å². The first-order valence-corrected chi connectivity index (χ1v) is 30.9. The Labute approximate surface area is 224 Å². The summed E-state index contributed by atoms with van der Waals surface area (Å²) < 4.78 is 0. The monoisotopic (exact) mass is 601 g/mol. The molecule has 0 aliphatic rings. The standard InChI is InChI=1S/C27H63GeSi5/c1-22(2,3)31(19,23(4,5)6)29(28)30(32(20,24(7,8)9)25(10,11)12)33(21,26(13,14)15)27(16,17)18/h1-21H3. The molecule has 6 heteroatoms. The first-order valence-electron chi connectivity index (χ1n) is 13.2. The van der Waals surface area contributed by atoms with Gasteiger partial charge >= 0.3 is 226 Å². The molecule has 0 saturated carbocycles. The van der Waals surface area contributed by atoms with Crippen LogP contribution >= 0.6 is 0 Å². The quantitative estimate of drug-likeness (QED) is 0.282. The molecule has 0 fully saturated rings. The van der Waals surface area contributed by atoms with Crippen LogP contribution in [0.3, 0.4) is 0 Å². The Morgan fingerprint density at radius 1 is 0.364 bits per heavy atom. The molecule has 0 aromatic rings. The fraction of sp³-hybridized carbons (Fsp3) is 1.00. The van der Waals surface area contributed by atoms with Gasteiger partial charge in [-0.2, -0.15) is 0 Å². The summed E-state index contributed by atoms with van der Waals surface area (Å²) in [4.78, 5) is 0. The summed E-state index contributed by atoms with van der Waals surface area (Å²) in [5.41, 5.74) is 0. The van der Waals surface area contributed by atoms with Crippen LogP contribution in [0.1, 0.15) is 125 Å². The van der Waals surface area contributed by atoms with Gasteiger partial charge in [0.25, 0.3) is 0 Å². The van der Waals surface area contributed by atoms with Gasteiger partial charge in [0.2, 0.25) is 0 Å². The van der Waals surface area contributed by atoms with Gasteiger partial charge in [0.05, 0.1) is 0 Å². The fourth-order valence-electron chi connectivity index (χ4n) is 6.88. The van der Waals surface area contributed by atoms with Gasteiger partial charge in [-0.1, -0.05) is 0 Å². The molecule has 33 heavy (non-hydrogen) atoms. The molecule has 0 aliphatic heterocycles. The topological polar surface area (TPSA) is 0 Å². The van der Waals surface area contributed by atoms with Gasteiger partial charge in [-0.15, -0.1) is 0 Å². The fourth-order valence-corrected chi connectivity index (χ4v) is 167. The maximum atomic E-state index is 2.92. The van der Waals surface area contributed by atoms with E-state index in [0.29, 0.717) is 30.2 Å². The summed E-state index contributed by atoms with van der Waals surface area (Å²) in [7, 11) is -5.69. The molecule has 0 spiro atoms. The van der Waals surface area contributed by atoms with Crippen LogP contribution in [-0.4, -0.2) is 51.4 Å². The van der Waals surface area contributed by atoms with Crippen LogP contribution in [0.4, 0.5) is 0 Å². The first-order chi connectivity index (χ1) is 13.8. The van der Waals surface area contributed by atoms with Gasteiger partial charge in [0.1, 0.15) is 0 Å². The predicted octanol–water partition coefficient (Wildman–Crippen LogP) is 9.99. The van der Waals surface area contributed by atoms with Crippen LogP contribution in [0.5, 0.6) is 0 Å². The van der Waals surface area contributed by atoms with Crippen LogP contribution in [0.15, 0.2) is 0 Å². The van der Waals surface area contributed by atoms with E-state index in [0.717, 1.165) is 0 Å². The first kappa shape index (κ1) is 34.6. The Balaban J connectivity index is 8.16. The Hall–Kier alpha value is 1.63. The minimum absolute atomic E-state index is 0.418. The third-order valence-corrected chi connectivity index (χ3v) is 114. The third kappa shape index (κ3) is 5.58. The number of rotatable bonds is 4. The van der Waals surface area contributed by atoms with Gasteiger partial charge < -0.3 is 0 Å². The average molecular weight is 601 g/mol. The van der Waals surface area contributed by atoms with Crippen molar-refractivity contribution in [2.45, 2.75) is 174 Å². The van der Waals surface area contributed by atoms with Gasteiger partial charge in [0.15, 0.2) is 0 Å². The number of hydrogen-bond donors (Lipinski definition) is 0. The van der Waals surface area contributed by atoms with E-state index in [1.54, 1.807) is 0 Å². The van der Waals surface area contributed by atoms with Gasteiger partial charge in [-0.05, 0) is 0 Å². The van der Waals surface area contributed by atoms with Gasteiger partial charge in [-0.25, -0.2) is 0 Å². The molecular formula is C27H63GeSi5. The second kappa shape index (κ2) is 9.43. The predicted molar refractivity (Wildman–Crippen MR) is 170 cm³/mol. The molecule has 0 rings (SSSR count). The molecule has 0 saturated heterocycles. The van der Waals surface area contributed by atoms with Crippen LogP contribution in [0, 0.1) is 0 Å². The van der Waals surface area contributed by atoms with Crippen molar-refractivity contribution in [1.82, 2.24) is 0 Å². The molecule has 0 amide bonds. The zero-order valence-electron chi connectivity index (χ0n) is 27.0. The van der Waals surface area contributed by atoms with Crippen molar-refractivity contribution in [3.8, 4) is 0 Å². The van der Waals surface area contributed by atoms with Crippen molar-refractivity contribution in [1.29, 1.82) is 0 Å². The maximum absolute atomic E-state index is 2.92. The summed E-state index contributed by atoms with van der Waals surface area (Å²) in [6, 6.07) is 0. The van der Waals surface area contributed by atoms with Crippen molar-refractivity contribution in [2.24, 2.45) is 0 Å². The molecule has 3 radical (unpaired) electrons. The Bertz CT molecular complexity index is 633. The van der Waals surface area contributed by atoms with Crippen LogP contribution in [0.25, 0.3) is 0 Å². The van der Waals surface area contributed by atoms with Crippen molar-refractivity contribution in [3.63, 3.8) is 0 Å². The van der Waals surface area contributed by atoms with E-state index < -0.39 is 36.0 Å². The minimum atomic E-state index is -1.72. The zero-order chi connectivity index (χ0) is 27.7. The summed E-state index contributed by atoms with van der Waals surface area (Å²) in [5.74, 6) is -0.558. The van der Waals surface area contributed by atoms with E-state index >= 15 is 0 Å². The van der Waals surface area contributed by atoms with Gasteiger partial charge in [-0.3, -0.25) is 0 Å². The average Bonchev–Trinajstić information content (AvgIpc) is 2.46. The summed E-state index contributed by atoms with van der Waals surface area (Å²) in [6.07, 6.45) is 0. The molecular weight excluding hydrogens is 537 g/mol. The van der Waals surface area contributed by atoms with Crippen molar-refractivity contribution >= 4 is 51.4 Å². The van der Waals surface area contributed by atoms with E-state index in [9.17, 15) is 0 Å². The molecule has 0 atom stereocenters. The van der Waals surface area contributed by atoms with Crippen molar-refractivity contribution in [2.75, 3.05) is 0 Å². The molecule has 0 heterocycles. The summed E-state index contributed by atoms with van der Waals surface area (Å²) >= 11 is 2.91. The van der Waals surface area contributed by atoms with Crippen LogP contribution in [0.2, 0.25) is 49.9 Å². The molecule has 0 aromatic heterocycles. The number of hydrogen-bond acceptors (Lipinski definition) is 0. The van der Waals surface area contributed by atoms with Crippen molar-refractivity contribution in [3.05, 3.63) is 0 Å². The molecule has 0 aromatic carbocycles. The van der Waals surface area contributed by atoms with Crippen molar-refractivity contribution < 1.29 is 0 Å². The Morgan fingerprint density at radius 3 is 0.636 bits per heavy atom. The third-order valence-electron chi connectivity index (χ3n) is 10.8. The van der Waals surface area contributed by atoms with E-state index in [2.05, 4.69) is 160 Å². The Kier molecular flexibility index (Phi) is 9.89. The van der Waals surface area contributed by atoms with Crippen LogP contribution < -0.4 is 0 Å².